The van der Waals surface area contributed by atoms with Crippen molar-refractivity contribution in [2.24, 2.45) is 0 Å². The second kappa shape index (κ2) is 5.61. The molecule has 1 atom stereocenters. The van der Waals surface area contributed by atoms with Crippen LogP contribution in [-0.2, 0) is 4.79 Å². The summed E-state index contributed by atoms with van der Waals surface area (Å²) in [6.45, 7) is 7.45. The van der Waals surface area contributed by atoms with E-state index in [0.29, 0.717) is 22.4 Å². The normalized spacial score (nSPS) is 28.2. The number of carbonyl (C=O) groups is 1. The molecule has 1 unspecified atom stereocenters. The molecule has 2 rings (SSSR count). The molecule has 0 aliphatic carbocycles. The van der Waals surface area contributed by atoms with Gasteiger partial charge in [-0.2, -0.15) is 0 Å². The van der Waals surface area contributed by atoms with Crippen molar-refractivity contribution in [1.82, 2.24) is 9.80 Å². The molecule has 0 aromatic rings. The van der Waals surface area contributed by atoms with Crippen LogP contribution in [0.2, 0.25) is 0 Å². The molecule has 0 aromatic carbocycles. The second-order valence-corrected chi connectivity index (χ2v) is 6.86. The van der Waals surface area contributed by atoms with Crippen molar-refractivity contribution in [3.8, 4) is 0 Å². The van der Waals surface area contributed by atoms with Crippen molar-refractivity contribution in [1.29, 1.82) is 0 Å². The average molecular weight is 258 g/mol. The number of thioether (sulfide) groups is 1. The summed E-state index contributed by atoms with van der Waals surface area (Å²) < 4.78 is 0.358. The van der Waals surface area contributed by atoms with Gasteiger partial charge in [-0.3, -0.25) is 4.79 Å². The molecule has 1 spiro atoms. The molecule has 4 heteroatoms. The van der Waals surface area contributed by atoms with Crippen LogP contribution in [0.4, 0.5) is 0 Å². The maximum absolute atomic E-state index is 11.8. The number of likely N-dealkylation sites (tertiary alicyclic amines) is 1. The minimum absolute atomic E-state index is 0. The van der Waals surface area contributed by atoms with Crippen LogP contribution in [0.1, 0.15) is 40.5 Å². The lowest BCUT2D eigenvalue weighted by atomic mass is 9.95. The first-order valence-corrected chi connectivity index (χ1v) is 7.10. The predicted molar refractivity (Wildman–Crippen MR) is 75.3 cm³/mol. The third-order valence-corrected chi connectivity index (χ3v) is 5.47. The van der Waals surface area contributed by atoms with Crippen LogP contribution in [0.25, 0.3) is 0 Å². The van der Waals surface area contributed by atoms with E-state index in [-0.39, 0.29) is 7.43 Å². The zero-order valence-corrected chi connectivity index (χ0v) is 11.3. The van der Waals surface area contributed by atoms with Crippen LogP contribution < -0.4 is 0 Å². The Kier molecular flexibility index (Phi) is 4.90. The van der Waals surface area contributed by atoms with Crippen LogP contribution in [0.15, 0.2) is 0 Å². The molecule has 2 heterocycles. The first kappa shape index (κ1) is 14.8. The van der Waals surface area contributed by atoms with E-state index < -0.39 is 0 Å². The monoisotopic (exact) mass is 258 g/mol. The van der Waals surface area contributed by atoms with Crippen LogP contribution >= 0.6 is 11.8 Å². The quantitative estimate of drug-likeness (QED) is 0.721. The molecule has 1 amide bonds. The van der Waals surface area contributed by atoms with Gasteiger partial charge in [0, 0.05) is 17.7 Å². The summed E-state index contributed by atoms with van der Waals surface area (Å²) in [5, 5.41) is 0.371. The van der Waals surface area contributed by atoms with Gasteiger partial charge in [-0.05, 0) is 39.9 Å². The predicted octanol–water partition coefficient (Wildman–Crippen LogP) is 2.42. The number of hydrogen-bond acceptors (Lipinski definition) is 3. The Hall–Kier alpha value is -0.220. The van der Waals surface area contributed by atoms with E-state index in [9.17, 15) is 4.79 Å². The Morgan fingerprint density at radius 3 is 2.53 bits per heavy atom. The van der Waals surface area contributed by atoms with Crippen LogP contribution in [0.3, 0.4) is 0 Å². The zero-order valence-electron chi connectivity index (χ0n) is 10.5. The Morgan fingerprint density at radius 2 is 2.00 bits per heavy atom. The standard InChI is InChI=1S/C12H22N2OS.CH4/c1-4-11(15)14-9-12(16-10(14)2)5-7-13(3)8-6-12;/h10H,4-9H2,1-3H3;1H4. The third-order valence-electron chi connectivity index (χ3n) is 3.84. The number of rotatable bonds is 1. The highest BCUT2D eigenvalue weighted by molar-refractivity contribution is 8.01. The van der Waals surface area contributed by atoms with Gasteiger partial charge in [-0.15, -0.1) is 11.8 Å². The smallest absolute Gasteiger partial charge is 0.223 e. The fourth-order valence-corrected chi connectivity index (χ4v) is 4.37. The van der Waals surface area contributed by atoms with E-state index in [1.807, 2.05) is 18.7 Å². The minimum Gasteiger partial charge on any atom is -0.330 e. The number of piperidine rings is 1. The van der Waals surface area contributed by atoms with E-state index in [1.54, 1.807) is 0 Å². The van der Waals surface area contributed by atoms with E-state index in [2.05, 4.69) is 23.8 Å². The van der Waals surface area contributed by atoms with Gasteiger partial charge in [0.2, 0.25) is 5.91 Å². The molecule has 0 saturated carbocycles. The van der Waals surface area contributed by atoms with Crippen molar-refractivity contribution < 1.29 is 4.79 Å². The molecule has 2 aliphatic heterocycles. The summed E-state index contributed by atoms with van der Waals surface area (Å²) in [6.07, 6.45) is 3.10. The Morgan fingerprint density at radius 1 is 1.41 bits per heavy atom. The number of hydrogen-bond donors (Lipinski definition) is 0. The molecule has 2 fully saturated rings. The highest BCUT2D eigenvalue weighted by atomic mass is 32.2. The van der Waals surface area contributed by atoms with Gasteiger partial charge >= 0.3 is 0 Å². The summed E-state index contributed by atoms with van der Waals surface area (Å²) in [6, 6.07) is 0. The maximum Gasteiger partial charge on any atom is 0.223 e. The van der Waals surface area contributed by atoms with Crippen molar-refractivity contribution in [3.63, 3.8) is 0 Å². The SMILES string of the molecule is C.CCC(=O)N1CC2(CCN(C)CC2)SC1C. The van der Waals surface area contributed by atoms with Gasteiger partial charge in [0.1, 0.15) is 0 Å². The van der Waals surface area contributed by atoms with Crippen LogP contribution in [0, 0.1) is 0 Å². The number of amides is 1. The lowest BCUT2D eigenvalue weighted by molar-refractivity contribution is -0.131. The van der Waals surface area contributed by atoms with Gasteiger partial charge in [-0.25, -0.2) is 0 Å². The van der Waals surface area contributed by atoms with E-state index in [4.69, 9.17) is 0 Å². The molecule has 2 saturated heterocycles. The van der Waals surface area contributed by atoms with Gasteiger partial charge < -0.3 is 9.80 Å². The van der Waals surface area contributed by atoms with E-state index >= 15 is 0 Å². The highest BCUT2D eigenvalue weighted by Gasteiger charge is 2.45. The fourth-order valence-electron chi connectivity index (χ4n) is 2.70. The topological polar surface area (TPSA) is 23.6 Å². The number of nitrogens with zero attached hydrogens (tertiary/aromatic N) is 2. The van der Waals surface area contributed by atoms with Crippen LogP contribution in [0.5, 0.6) is 0 Å². The van der Waals surface area contributed by atoms with E-state index in [0.717, 1.165) is 6.54 Å². The lowest BCUT2D eigenvalue weighted by Gasteiger charge is -2.36. The summed E-state index contributed by atoms with van der Waals surface area (Å²) in [7, 11) is 2.19. The summed E-state index contributed by atoms with van der Waals surface area (Å²) in [5.74, 6) is 0.316. The van der Waals surface area contributed by atoms with Crippen LogP contribution in [-0.4, -0.2) is 52.5 Å². The van der Waals surface area contributed by atoms with Gasteiger partial charge in [0.15, 0.2) is 0 Å². The maximum atomic E-state index is 11.8. The first-order valence-electron chi connectivity index (χ1n) is 6.22. The largest absolute Gasteiger partial charge is 0.330 e. The Labute approximate surface area is 110 Å². The van der Waals surface area contributed by atoms with E-state index in [1.165, 1.54) is 25.9 Å². The van der Waals surface area contributed by atoms with Crippen molar-refractivity contribution in [2.45, 2.75) is 50.7 Å². The molecule has 17 heavy (non-hydrogen) atoms. The highest BCUT2D eigenvalue weighted by Crippen LogP contribution is 2.46. The minimum atomic E-state index is 0. The molecule has 0 bridgehead atoms. The fraction of sp³-hybridized carbons (Fsp3) is 0.923. The van der Waals surface area contributed by atoms with Gasteiger partial charge in [-0.1, -0.05) is 14.4 Å². The van der Waals surface area contributed by atoms with Crippen molar-refractivity contribution in [2.75, 3.05) is 26.7 Å². The molecular formula is C13H26N2OS. The molecule has 3 nitrogen and oxygen atoms in total. The second-order valence-electron chi connectivity index (χ2n) is 5.08. The molecule has 0 radical (unpaired) electrons. The molecule has 2 aliphatic rings. The summed E-state index contributed by atoms with van der Waals surface area (Å²) >= 11 is 2.02. The zero-order chi connectivity index (χ0) is 11.8. The molecule has 0 N–H and O–H groups in total. The average Bonchev–Trinajstić information content (AvgIpc) is 2.60. The van der Waals surface area contributed by atoms with Crippen molar-refractivity contribution >= 4 is 17.7 Å². The Balaban J connectivity index is 0.00000144. The number of carbonyl (C=O) groups excluding carboxylic acids is 1. The first-order chi connectivity index (χ1) is 7.56. The molecule has 100 valence electrons. The Bertz CT molecular complexity index is 275. The van der Waals surface area contributed by atoms with Gasteiger partial charge in [0.25, 0.3) is 0 Å². The van der Waals surface area contributed by atoms with Gasteiger partial charge in [0.05, 0.1) is 5.37 Å². The summed E-state index contributed by atoms with van der Waals surface area (Å²) in [5.41, 5.74) is 0. The molecule has 0 aromatic heterocycles. The van der Waals surface area contributed by atoms with Crippen molar-refractivity contribution in [3.05, 3.63) is 0 Å². The molecular weight excluding hydrogens is 232 g/mol. The lowest BCUT2D eigenvalue weighted by Crippen LogP contribution is -2.44. The third kappa shape index (κ3) is 2.97. The summed E-state index contributed by atoms with van der Waals surface area (Å²) in [4.78, 5) is 16.3.